The van der Waals surface area contributed by atoms with Gasteiger partial charge in [-0.05, 0) is 18.2 Å². The Morgan fingerprint density at radius 2 is 2.05 bits per heavy atom. The van der Waals surface area contributed by atoms with E-state index in [-0.39, 0.29) is 0 Å². The number of aromatic nitrogens is 3. The molecule has 3 aromatic rings. The highest BCUT2D eigenvalue weighted by atomic mass is 19.4. The van der Waals surface area contributed by atoms with Crippen LogP contribution in [0.25, 0.3) is 22.2 Å². The van der Waals surface area contributed by atoms with Gasteiger partial charge >= 0.3 is 6.18 Å². The lowest BCUT2D eigenvalue weighted by atomic mass is 10.1. The van der Waals surface area contributed by atoms with Crippen LogP contribution in [0.15, 0.2) is 30.6 Å². The number of hydrogen-bond donors (Lipinski definition) is 2. The number of H-pyrrole nitrogens is 1. The molecule has 0 fully saturated rings. The molecule has 4 nitrogen and oxygen atoms in total. The van der Waals surface area contributed by atoms with E-state index in [1.165, 1.54) is 12.3 Å². The van der Waals surface area contributed by atoms with E-state index in [4.69, 9.17) is 5.73 Å². The Labute approximate surface area is 112 Å². The molecule has 0 aliphatic carbocycles. The van der Waals surface area contributed by atoms with Crippen LogP contribution in [0.1, 0.15) is 5.56 Å². The molecular formula is C13H11F3N4. The number of rotatable bonds is 1. The van der Waals surface area contributed by atoms with Crippen molar-refractivity contribution < 1.29 is 13.2 Å². The van der Waals surface area contributed by atoms with Gasteiger partial charge in [0.15, 0.2) is 0 Å². The molecule has 7 heteroatoms. The molecule has 20 heavy (non-hydrogen) atoms. The number of nitrogens with two attached hydrogens (primary N) is 1. The van der Waals surface area contributed by atoms with Gasteiger partial charge < -0.3 is 10.3 Å². The topological polar surface area (TPSA) is 59.6 Å². The smallest absolute Gasteiger partial charge is 0.396 e. The van der Waals surface area contributed by atoms with Crippen LogP contribution in [-0.4, -0.2) is 14.8 Å². The number of anilines is 1. The van der Waals surface area contributed by atoms with Gasteiger partial charge in [0.25, 0.3) is 0 Å². The fourth-order valence-corrected chi connectivity index (χ4v) is 2.28. The minimum Gasteiger partial charge on any atom is -0.396 e. The van der Waals surface area contributed by atoms with Crippen LogP contribution in [0, 0.1) is 0 Å². The van der Waals surface area contributed by atoms with Crippen molar-refractivity contribution in [1.29, 1.82) is 0 Å². The number of fused-ring (bicyclic) bond motifs is 1. The van der Waals surface area contributed by atoms with E-state index in [0.717, 1.165) is 12.1 Å². The summed E-state index contributed by atoms with van der Waals surface area (Å²) in [5.74, 6) is 0. The molecule has 0 saturated carbocycles. The van der Waals surface area contributed by atoms with Gasteiger partial charge in [0.2, 0.25) is 0 Å². The van der Waals surface area contributed by atoms with E-state index in [9.17, 15) is 13.2 Å². The average molecular weight is 280 g/mol. The molecule has 0 atom stereocenters. The van der Waals surface area contributed by atoms with Gasteiger partial charge in [-0.2, -0.15) is 18.3 Å². The number of halogens is 3. The average Bonchev–Trinajstić information content (AvgIpc) is 2.92. The minimum absolute atomic E-state index is 0.398. The molecule has 0 amide bonds. The summed E-state index contributed by atoms with van der Waals surface area (Å²) in [5, 5.41) is 7.00. The van der Waals surface area contributed by atoms with Gasteiger partial charge in [0.05, 0.1) is 23.1 Å². The maximum atomic E-state index is 12.8. The molecular weight excluding hydrogens is 269 g/mol. The maximum absolute atomic E-state index is 12.8. The molecule has 0 unspecified atom stereocenters. The number of hydrogen-bond acceptors (Lipinski definition) is 2. The molecule has 0 aliphatic rings. The van der Waals surface area contributed by atoms with E-state index < -0.39 is 11.7 Å². The molecule has 3 N–H and O–H groups in total. The molecule has 2 aromatic heterocycles. The summed E-state index contributed by atoms with van der Waals surface area (Å²) in [6.45, 7) is 0. The summed E-state index contributed by atoms with van der Waals surface area (Å²) in [6.07, 6.45) is -1.21. The van der Waals surface area contributed by atoms with Crippen molar-refractivity contribution in [3.05, 3.63) is 36.2 Å². The monoisotopic (exact) mass is 280 g/mol. The normalized spacial score (nSPS) is 12.2. The zero-order valence-electron chi connectivity index (χ0n) is 10.5. The SMILES string of the molecule is Cn1cc(-c2[nH]ncc2N)c2cc(C(F)(F)F)ccc21. The summed E-state index contributed by atoms with van der Waals surface area (Å²) < 4.78 is 40.2. The zero-order valence-corrected chi connectivity index (χ0v) is 10.5. The van der Waals surface area contributed by atoms with Crippen LogP contribution in [0.3, 0.4) is 0 Å². The molecule has 104 valence electrons. The van der Waals surface area contributed by atoms with E-state index in [0.29, 0.717) is 27.8 Å². The van der Waals surface area contributed by atoms with Crippen LogP contribution in [0.2, 0.25) is 0 Å². The Kier molecular flexibility index (Phi) is 2.53. The van der Waals surface area contributed by atoms with Crippen molar-refractivity contribution in [3.8, 4) is 11.3 Å². The van der Waals surface area contributed by atoms with E-state index in [2.05, 4.69) is 10.2 Å². The minimum atomic E-state index is -4.37. The number of nitrogens with zero attached hydrogens (tertiary/aromatic N) is 2. The third-order valence-electron chi connectivity index (χ3n) is 3.25. The highest BCUT2D eigenvalue weighted by Gasteiger charge is 2.31. The van der Waals surface area contributed by atoms with Gasteiger partial charge in [-0.15, -0.1) is 0 Å². The summed E-state index contributed by atoms with van der Waals surface area (Å²) in [7, 11) is 1.77. The number of alkyl halides is 3. The van der Waals surface area contributed by atoms with Gasteiger partial charge in [-0.3, -0.25) is 5.10 Å². The number of aryl methyl sites for hydroxylation is 1. The van der Waals surface area contributed by atoms with Crippen molar-refractivity contribution in [2.24, 2.45) is 7.05 Å². The second-order valence-electron chi connectivity index (χ2n) is 4.58. The first-order valence-corrected chi connectivity index (χ1v) is 5.83. The lowest BCUT2D eigenvalue weighted by Crippen LogP contribution is -2.04. The van der Waals surface area contributed by atoms with Crippen LogP contribution in [0.4, 0.5) is 18.9 Å². The molecule has 1 aromatic carbocycles. The third kappa shape index (κ3) is 1.82. The first kappa shape index (κ1) is 12.6. The van der Waals surface area contributed by atoms with E-state index in [1.807, 2.05) is 0 Å². The maximum Gasteiger partial charge on any atom is 0.416 e. The molecule has 0 saturated heterocycles. The first-order valence-electron chi connectivity index (χ1n) is 5.83. The molecule has 3 rings (SSSR count). The van der Waals surface area contributed by atoms with Crippen LogP contribution in [0.5, 0.6) is 0 Å². The fraction of sp³-hybridized carbons (Fsp3) is 0.154. The molecule has 2 heterocycles. The highest BCUT2D eigenvalue weighted by molar-refractivity contribution is 5.97. The second kappa shape index (κ2) is 4.03. The van der Waals surface area contributed by atoms with Gasteiger partial charge in [0, 0.05) is 29.7 Å². The van der Waals surface area contributed by atoms with Crippen molar-refractivity contribution in [2.45, 2.75) is 6.18 Å². The van der Waals surface area contributed by atoms with Crippen LogP contribution in [-0.2, 0) is 13.2 Å². The Morgan fingerprint density at radius 1 is 1.30 bits per heavy atom. The summed E-state index contributed by atoms with van der Waals surface area (Å²) in [4.78, 5) is 0. The Bertz CT molecular complexity index is 783. The third-order valence-corrected chi connectivity index (χ3v) is 3.25. The number of benzene rings is 1. The molecule has 0 aliphatic heterocycles. The molecule has 0 bridgehead atoms. The van der Waals surface area contributed by atoms with Crippen molar-refractivity contribution >= 4 is 16.6 Å². The molecule has 0 radical (unpaired) electrons. The summed E-state index contributed by atoms with van der Waals surface area (Å²) in [5.41, 5.74) is 7.30. The van der Waals surface area contributed by atoms with Crippen LogP contribution >= 0.6 is 0 Å². The number of nitrogen functional groups attached to an aromatic ring is 1. The second-order valence-corrected chi connectivity index (χ2v) is 4.58. The van der Waals surface area contributed by atoms with E-state index in [1.54, 1.807) is 17.8 Å². The summed E-state index contributed by atoms with van der Waals surface area (Å²) >= 11 is 0. The lowest BCUT2D eigenvalue weighted by molar-refractivity contribution is -0.137. The predicted octanol–water partition coefficient (Wildman–Crippen LogP) is 3.17. The quantitative estimate of drug-likeness (QED) is 0.719. The van der Waals surface area contributed by atoms with Gasteiger partial charge in [0.1, 0.15) is 0 Å². The standard InChI is InChI=1S/C13H11F3N4/c1-20-6-9(12-10(17)5-18-19-12)8-4-7(13(14,15)16)2-3-11(8)20/h2-6H,17H2,1H3,(H,18,19). The largest absolute Gasteiger partial charge is 0.416 e. The molecule has 0 spiro atoms. The van der Waals surface area contributed by atoms with Gasteiger partial charge in [-0.1, -0.05) is 0 Å². The van der Waals surface area contributed by atoms with Crippen molar-refractivity contribution in [1.82, 2.24) is 14.8 Å². The summed E-state index contributed by atoms with van der Waals surface area (Å²) in [6, 6.07) is 3.65. The van der Waals surface area contributed by atoms with Crippen molar-refractivity contribution in [2.75, 3.05) is 5.73 Å². The fourth-order valence-electron chi connectivity index (χ4n) is 2.28. The Balaban J connectivity index is 2.31. The van der Waals surface area contributed by atoms with Crippen molar-refractivity contribution in [3.63, 3.8) is 0 Å². The highest BCUT2D eigenvalue weighted by Crippen LogP contribution is 2.36. The number of nitrogens with one attached hydrogen (secondary N) is 1. The van der Waals surface area contributed by atoms with E-state index >= 15 is 0 Å². The Morgan fingerprint density at radius 3 is 2.65 bits per heavy atom. The Hall–Kier alpha value is -2.44. The number of aromatic amines is 1. The first-order chi connectivity index (χ1) is 9.38. The zero-order chi connectivity index (χ0) is 14.5. The van der Waals surface area contributed by atoms with Gasteiger partial charge in [-0.25, -0.2) is 0 Å². The predicted molar refractivity (Wildman–Crippen MR) is 69.9 cm³/mol. The van der Waals surface area contributed by atoms with Crippen LogP contribution < -0.4 is 5.73 Å². The lowest BCUT2D eigenvalue weighted by Gasteiger charge is -2.07.